The molecule has 0 saturated heterocycles. The largest absolute Gasteiger partial charge is 0.379 e. The summed E-state index contributed by atoms with van der Waals surface area (Å²) in [5.41, 5.74) is -1.09. The molecule has 1 aliphatic rings. The molecule has 2 aromatic heterocycles. The Labute approximate surface area is 142 Å². The summed E-state index contributed by atoms with van der Waals surface area (Å²) in [5, 5.41) is 15.5. The van der Waals surface area contributed by atoms with E-state index >= 15 is 0 Å². The summed E-state index contributed by atoms with van der Waals surface area (Å²) in [7, 11) is 0. The second-order valence-electron chi connectivity index (χ2n) is 5.95. The van der Waals surface area contributed by atoms with Crippen molar-refractivity contribution in [2.75, 3.05) is 6.61 Å². The van der Waals surface area contributed by atoms with E-state index in [1.54, 1.807) is 0 Å². The summed E-state index contributed by atoms with van der Waals surface area (Å²) in [6, 6.07) is 1.70. The van der Waals surface area contributed by atoms with E-state index in [1.807, 2.05) is 6.92 Å². The molecule has 7 nitrogen and oxygen atoms in total. The van der Waals surface area contributed by atoms with Gasteiger partial charge in [-0.15, -0.1) is 0 Å². The van der Waals surface area contributed by atoms with Gasteiger partial charge in [-0.05, 0) is 44.7 Å². The van der Waals surface area contributed by atoms with Gasteiger partial charge in [-0.25, -0.2) is 9.37 Å². The van der Waals surface area contributed by atoms with Gasteiger partial charge in [-0.1, -0.05) is 0 Å². The van der Waals surface area contributed by atoms with E-state index in [0.717, 1.165) is 37.8 Å². The number of pyridine rings is 1. The zero-order valence-electron chi connectivity index (χ0n) is 13.7. The number of hydrogen-bond acceptors (Lipinski definition) is 5. The number of ether oxygens (including phenoxy) is 1. The quantitative estimate of drug-likeness (QED) is 0.466. The number of nitrogens with zero attached hydrogens (tertiary/aromatic N) is 4. The zero-order valence-corrected chi connectivity index (χ0v) is 13.7. The van der Waals surface area contributed by atoms with Gasteiger partial charge in [0.25, 0.3) is 0 Å². The summed E-state index contributed by atoms with van der Waals surface area (Å²) < 4.78 is 34.4. The number of halogens is 2. The van der Waals surface area contributed by atoms with Gasteiger partial charge in [0.05, 0.1) is 17.1 Å². The molecule has 2 heterocycles. The SMILES string of the molecule is CCO[C@H]1CC[C@H](n2cc([N+](=O)[O-])c(-c3nc(F)ccc3F)n2)CC1. The fraction of sp³-hybridized carbons (Fsp3) is 0.500. The van der Waals surface area contributed by atoms with Gasteiger partial charge >= 0.3 is 5.69 Å². The maximum Gasteiger partial charge on any atom is 0.316 e. The molecule has 2 aromatic rings. The third kappa shape index (κ3) is 3.65. The number of nitro groups is 1. The molecule has 1 fully saturated rings. The highest BCUT2D eigenvalue weighted by Gasteiger charge is 2.29. The van der Waals surface area contributed by atoms with Crippen LogP contribution in [0.1, 0.15) is 38.6 Å². The number of aromatic nitrogens is 3. The van der Waals surface area contributed by atoms with Crippen LogP contribution >= 0.6 is 0 Å². The van der Waals surface area contributed by atoms with Crippen molar-refractivity contribution in [1.29, 1.82) is 0 Å². The second kappa shape index (κ2) is 7.22. The Morgan fingerprint density at radius 2 is 2.00 bits per heavy atom. The average Bonchev–Trinajstić information content (AvgIpc) is 3.03. The van der Waals surface area contributed by atoms with Crippen LogP contribution in [0.4, 0.5) is 14.5 Å². The minimum atomic E-state index is -0.919. The standard InChI is InChI=1S/C16H18F2N4O3/c1-2-25-11-5-3-10(4-6-11)21-9-13(22(23)24)16(20-21)15-12(17)7-8-14(18)19-15/h7-11H,2-6H2,1H3/t10-,11-. The van der Waals surface area contributed by atoms with Crippen molar-refractivity contribution >= 4 is 5.69 Å². The molecule has 0 amide bonds. The Hall–Kier alpha value is -2.42. The normalized spacial score (nSPS) is 20.6. The molecule has 3 rings (SSSR count). The van der Waals surface area contributed by atoms with Gasteiger partial charge in [0.2, 0.25) is 5.95 Å². The third-order valence-electron chi connectivity index (χ3n) is 4.37. The lowest BCUT2D eigenvalue weighted by Gasteiger charge is -2.28. The van der Waals surface area contributed by atoms with Crippen molar-refractivity contribution < 1.29 is 18.4 Å². The molecule has 0 aromatic carbocycles. The molecule has 25 heavy (non-hydrogen) atoms. The second-order valence-corrected chi connectivity index (χ2v) is 5.95. The molecule has 0 spiro atoms. The molecule has 1 saturated carbocycles. The molecule has 0 radical (unpaired) electrons. The summed E-state index contributed by atoms with van der Waals surface area (Å²) in [6.07, 6.45) is 4.62. The van der Waals surface area contributed by atoms with Crippen molar-refractivity contribution in [1.82, 2.24) is 14.8 Å². The van der Waals surface area contributed by atoms with Gasteiger partial charge in [-0.3, -0.25) is 14.8 Å². The van der Waals surface area contributed by atoms with E-state index in [0.29, 0.717) is 6.61 Å². The van der Waals surface area contributed by atoms with E-state index in [-0.39, 0.29) is 23.5 Å². The lowest BCUT2D eigenvalue weighted by molar-refractivity contribution is -0.384. The van der Waals surface area contributed by atoms with Gasteiger partial charge in [0, 0.05) is 6.61 Å². The van der Waals surface area contributed by atoms with Crippen LogP contribution in [-0.4, -0.2) is 32.4 Å². The highest BCUT2D eigenvalue weighted by molar-refractivity contribution is 5.66. The molecule has 9 heteroatoms. The van der Waals surface area contributed by atoms with E-state index < -0.39 is 22.4 Å². The van der Waals surface area contributed by atoms with Crippen LogP contribution in [-0.2, 0) is 4.74 Å². The van der Waals surface area contributed by atoms with Gasteiger partial charge in [0.15, 0.2) is 11.5 Å². The molecule has 0 bridgehead atoms. The summed E-state index contributed by atoms with van der Waals surface area (Å²) in [5.74, 6) is -1.77. The van der Waals surface area contributed by atoms with Crippen molar-refractivity contribution in [3.05, 3.63) is 40.2 Å². The van der Waals surface area contributed by atoms with Crippen LogP contribution in [0.5, 0.6) is 0 Å². The molecule has 134 valence electrons. The van der Waals surface area contributed by atoms with Crippen LogP contribution in [0.15, 0.2) is 18.3 Å². The van der Waals surface area contributed by atoms with Crippen molar-refractivity contribution in [3.63, 3.8) is 0 Å². The summed E-state index contributed by atoms with van der Waals surface area (Å²) in [4.78, 5) is 14.1. The first-order valence-electron chi connectivity index (χ1n) is 8.17. The number of hydrogen-bond donors (Lipinski definition) is 0. The first-order chi connectivity index (χ1) is 12.0. The monoisotopic (exact) mass is 352 g/mol. The van der Waals surface area contributed by atoms with Crippen LogP contribution in [0.3, 0.4) is 0 Å². The third-order valence-corrected chi connectivity index (χ3v) is 4.37. The Morgan fingerprint density at radius 1 is 1.28 bits per heavy atom. The molecule has 0 N–H and O–H groups in total. The molecule has 0 atom stereocenters. The van der Waals surface area contributed by atoms with E-state index in [4.69, 9.17) is 4.74 Å². The van der Waals surface area contributed by atoms with Gasteiger partial charge in [0.1, 0.15) is 11.9 Å². The zero-order chi connectivity index (χ0) is 18.0. The lowest BCUT2D eigenvalue weighted by Crippen LogP contribution is -2.24. The molecule has 0 unspecified atom stereocenters. The van der Waals surface area contributed by atoms with Gasteiger partial charge < -0.3 is 4.74 Å². The minimum Gasteiger partial charge on any atom is -0.379 e. The van der Waals surface area contributed by atoms with Gasteiger partial charge in [-0.2, -0.15) is 9.49 Å². The van der Waals surface area contributed by atoms with Crippen molar-refractivity contribution in [3.8, 4) is 11.4 Å². The van der Waals surface area contributed by atoms with Crippen LogP contribution in [0, 0.1) is 21.9 Å². The Bertz CT molecular complexity index is 773. The summed E-state index contributed by atoms with van der Waals surface area (Å²) >= 11 is 0. The fourth-order valence-electron chi connectivity index (χ4n) is 3.17. The minimum absolute atomic E-state index is 0.0409. The predicted molar refractivity (Wildman–Crippen MR) is 84.9 cm³/mol. The maximum atomic E-state index is 14.0. The Balaban J connectivity index is 1.91. The molecular formula is C16H18F2N4O3. The topological polar surface area (TPSA) is 83.1 Å². The maximum absolute atomic E-state index is 14.0. The highest BCUT2D eigenvalue weighted by atomic mass is 19.1. The first-order valence-corrected chi connectivity index (χ1v) is 8.17. The van der Waals surface area contributed by atoms with Crippen LogP contribution in [0.2, 0.25) is 0 Å². The van der Waals surface area contributed by atoms with Crippen LogP contribution in [0.25, 0.3) is 11.4 Å². The summed E-state index contributed by atoms with van der Waals surface area (Å²) in [6.45, 7) is 2.59. The van der Waals surface area contributed by atoms with E-state index in [9.17, 15) is 18.9 Å². The molecule has 1 aliphatic carbocycles. The molecular weight excluding hydrogens is 334 g/mol. The lowest BCUT2D eigenvalue weighted by atomic mass is 9.93. The van der Waals surface area contributed by atoms with E-state index in [2.05, 4.69) is 10.1 Å². The fourth-order valence-corrected chi connectivity index (χ4v) is 3.17. The van der Waals surface area contributed by atoms with Crippen molar-refractivity contribution in [2.45, 2.75) is 44.8 Å². The van der Waals surface area contributed by atoms with Crippen molar-refractivity contribution in [2.24, 2.45) is 0 Å². The Kier molecular flexibility index (Phi) is 5.03. The van der Waals surface area contributed by atoms with E-state index in [1.165, 1.54) is 10.9 Å². The highest BCUT2D eigenvalue weighted by Crippen LogP contribution is 2.34. The van der Waals surface area contributed by atoms with Crippen LogP contribution < -0.4 is 0 Å². The molecule has 0 aliphatic heterocycles. The first kappa shape index (κ1) is 17.4. The smallest absolute Gasteiger partial charge is 0.316 e. The Morgan fingerprint density at radius 3 is 2.64 bits per heavy atom. The predicted octanol–water partition coefficient (Wildman–Crippen LogP) is 3.65. The number of rotatable bonds is 5. The average molecular weight is 352 g/mol.